The van der Waals surface area contributed by atoms with Gasteiger partial charge in [-0.3, -0.25) is 4.79 Å². The van der Waals surface area contributed by atoms with Crippen LogP contribution in [0.15, 0.2) is 30.3 Å². The molecule has 134 valence electrons. The van der Waals surface area contributed by atoms with Crippen molar-refractivity contribution in [3.8, 4) is 0 Å². The van der Waals surface area contributed by atoms with Gasteiger partial charge in [0.25, 0.3) is 0 Å². The van der Waals surface area contributed by atoms with Crippen LogP contribution in [-0.2, 0) is 4.79 Å². The summed E-state index contributed by atoms with van der Waals surface area (Å²) in [4.78, 5) is 12.2. The molecule has 0 radical (unpaired) electrons. The van der Waals surface area contributed by atoms with E-state index >= 15 is 0 Å². The average Bonchev–Trinajstić information content (AvgIpc) is 3.31. The van der Waals surface area contributed by atoms with Crippen molar-refractivity contribution in [3.63, 3.8) is 0 Å². The lowest BCUT2D eigenvalue weighted by atomic mass is 9.45. The molecule has 5 aliphatic carbocycles. The van der Waals surface area contributed by atoms with Gasteiger partial charge in [-0.15, -0.1) is 11.6 Å². The summed E-state index contributed by atoms with van der Waals surface area (Å²) >= 11 is 6.88. The van der Waals surface area contributed by atoms with Crippen LogP contribution in [0.1, 0.15) is 56.4 Å². The highest BCUT2D eigenvalue weighted by Gasteiger charge is 2.68. The van der Waals surface area contributed by atoms with Gasteiger partial charge >= 0.3 is 0 Å². The molecule has 5 aliphatic rings. The van der Waals surface area contributed by atoms with E-state index in [0.717, 1.165) is 44.1 Å². The summed E-state index contributed by atoms with van der Waals surface area (Å²) in [6, 6.07) is 10.3. The highest BCUT2D eigenvalue weighted by molar-refractivity contribution is 6.24. The van der Waals surface area contributed by atoms with Gasteiger partial charge in [0.2, 0.25) is 5.91 Å². The minimum absolute atomic E-state index is 0.0152. The summed E-state index contributed by atoms with van der Waals surface area (Å²) in [5, 5.41) is 11.7. The number of alkyl halides is 1. The molecule has 1 aromatic rings. The molecule has 0 aromatic heterocycles. The Morgan fingerprint density at radius 1 is 1.20 bits per heavy atom. The van der Waals surface area contributed by atoms with Gasteiger partial charge in [0, 0.05) is 10.8 Å². The fourth-order valence-corrected chi connectivity index (χ4v) is 7.66. The summed E-state index contributed by atoms with van der Waals surface area (Å²) in [6.07, 6.45) is 6.33. The van der Waals surface area contributed by atoms with Crippen molar-refractivity contribution in [1.29, 1.82) is 0 Å². The maximum Gasteiger partial charge on any atom is 0.224 e. The van der Waals surface area contributed by atoms with Crippen molar-refractivity contribution in [2.75, 3.05) is 0 Å². The number of hydrogen-bond acceptors (Lipinski definition) is 2. The maximum atomic E-state index is 12.4. The number of rotatable bonds is 4. The van der Waals surface area contributed by atoms with Crippen LogP contribution in [0.4, 0.5) is 0 Å². The van der Waals surface area contributed by atoms with Crippen molar-refractivity contribution in [2.24, 2.45) is 28.9 Å². The third-order valence-electron chi connectivity index (χ3n) is 7.70. The Balaban J connectivity index is 1.62. The number of primary amides is 1. The first-order valence-corrected chi connectivity index (χ1v) is 9.99. The Morgan fingerprint density at radius 3 is 2.48 bits per heavy atom. The van der Waals surface area contributed by atoms with Crippen LogP contribution in [0.25, 0.3) is 0 Å². The molecule has 0 spiro atoms. The predicted octanol–water partition coefficient (Wildman–Crippen LogP) is 3.58. The second-order valence-corrected chi connectivity index (χ2v) is 10.1. The number of nitrogens with two attached hydrogens (primary N) is 1. The minimum atomic E-state index is -0.753. The molecule has 4 heteroatoms. The maximum absolute atomic E-state index is 12.4. The minimum Gasteiger partial charge on any atom is -0.389 e. The Bertz CT molecular complexity index is 718. The molecule has 1 amide bonds. The van der Waals surface area contributed by atoms with Crippen LogP contribution in [0.5, 0.6) is 0 Å². The molecule has 3 N–H and O–H groups in total. The topological polar surface area (TPSA) is 63.3 Å². The number of benzene rings is 1. The van der Waals surface area contributed by atoms with Crippen LogP contribution < -0.4 is 5.73 Å². The van der Waals surface area contributed by atoms with Gasteiger partial charge in [-0.05, 0) is 68.3 Å². The number of aliphatic hydroxyl groups is 1. The summed E-state index contributed by atoms with van der Waals surface area (Å²) in [6.45, 7) is 0. The van der Waals surface area contributed by atoms with E-state index in [9.17, 15) is 9.90 Å². The van der Waals surface area contributed by atoms with Crippen LogP contribution in [0.2, 0.25) is 0 Å². The number of halogens is 1. The van der Waals surface area contributed by atoms with Gasteiger partial charge < -0.3 is 10.8 Å². The average molecular weight is 360 g/mol. The smallest absolute Gasteiger partial charge is 0.224 e. The van der Waals surface area contributed by atoms with Crippen LogP contribution in [-0.4, -0.2) is 21.5 Å². The number of carbonyl (C=O) groups is 1. The Labute approximate surface area is 153 Å². The summed E-state index contributed by atoms with van der Waals surface area (Å²) in [7, 11) is 0. The fraction of sp³-hybridized carbons (Fsp3) is 0.667. The molecular weight excluding hydrogens is 334 g/mol. The molecule has 1 aromatic carbocycles. The molecule has 5 saturated carbocycles. The largest absolute Gasteiger partial charge is 0.389 e. The van der Waals surface area contributed by atoms with E-state index in [1.165, 1.54) is 0 Å². The molecule has 0 heterocycles. The molecule has 25 heavy (non-hydrogen) atoms. The molecule has 4 bridgehead atoms. The van der Waals surface area contributed by atoms with Gasteiger partial charge in [0.15, 0.2) is 0 Å². The van der Waals surface area contributed by atoms with Crippen molar-refractivity contribution in [2.45, 2.75) is 61.3 Å². The van der Waals surface area contributed by atoms with E-state index in [-0.39, 0.29) is 22.6 Å². The molecule has 3 nitrogen and oxygen atoms in total. The van der Waals surface area contributed by atoms with Crippen molar-refractivity contribution in [3.05, 3.63) is 35.9 Å². The van der Waals surface area contributed by atoms with E-state index in [0.29, 0.717) is 18.3 Å². The monoisotopic (exact) mass is 359 g/mol. The third-order valence-corrected chi connectivity index (χ3v) is 8.15. The van der Waals surface area contributed by atoms with Crippen molar-refractivity contribution >= 4 is 17.5 Å². The molecule has 0 aliphatic heterocycles. The van der Waals surface area contributed by atoms with Gasteiger partial charge in [-0.2, -0.15) is 0 Å². The normalized spacial score (nSPS) is 44.5. The molecule has 5 fully saturated rings. The van der Waals surface area contributed by atoms with E-state index in [4.69, 9.17) is 17.3 Å². The lowest BCUT2D eigenvalue weighted by Crippen LogP contribution is -2.64. The first-order valence-electron chi connectivity index (χ1n) is 9.61. The zero-order valence-corrected chi connectivity index (χ0v) is 15.2. The Kier molecular flexibility index (Phi) is 3.24. The highest BCUT2D eigenvalue weighted by Crippen LogP contribution is 2.70. The highest BCUT2D eigenvalue weighted by atomic mass is 35.5. The lowest BCUT2D eigenvalue weighted by molar-refractivity contribution is -0.178. The van der Waals surface area contributed by atoms with Crippen molar-refractivity contribution < 1.29 is 9.90 Å². The third kappa shape index (κ3) is 2.24. The Morgan fingerprint density at radius 2 is 1.92 bits per heavy atom. The van der Waals surface area contributed by atoms with E-state index in [1.807, 2.05) is 18.2 Å². The second kappa shape index (κ2) is 5.01. The molecule has 0 unspecified atom stereocenters. The zero-order chi connectivity index (χ0) is 17.4. The molecular formula is C21H26ClNO2. The zero-order valence-electron chi connectivity index (χ0n) is 14.5. The second-order valence-electron chi connectivity index (χ2n) is 9.34. The SMILES string of the molecule is NC(=O)C1([C@@H](c2ccccc2)[C@H]2[C@H]3C[C@@H]4C[C@](Cl)(C3)C[C@@]2(O)C4)CC1. The summed E-state index contributed by atoms with van der Waals surface area (Å²) in [5.74, 6) is 0.839. The van der Waals surface area contributed by atoms with E-state index in [1.54, 1.807) is 0 Å². The Hall–Kier alpha value is -1.06. The van der Waals surface area contributed by atoms with Gasteiger partial charge in [0.1, 0.15) is 0 Å². The van der Waals surface area contributed by atoms with Gasteiger partial charge in [-0.25, -0.2) is 0 Å². The van der Waals surface area contributed by atoms with E-state index < -0.39 is 11.0 Å². The predicted molar refractivity (Wildman–Crippen MR) is 97.1 cm³/mol. The van der Waals surface area contributed by atoms with Crippen molar-refractivity contribution in [1.82, 2.24) is 0 Å². The first kappa shape index (κ1) is 16.1. The number of carbonyl (C=O) groups excluding carboxylic acids is 1. The van der Waals surface area contributed by atoms with E-state index in [2.05, 4.69) is 12.1 Å². The van der Waals surface area contributed by atoms with Gasteiger partial charge in [0.05, 0.1) is 11.0 Å². The molecule has 6 atom stereocenters. The lowest BCUT2D eigenvalue weighted by Gasteiger charge is -2.64. The number of hydrogen-bond donors (Lipinski definition) is 2. The summed E-state index contributed by atoms with van der Waals surface area (Å²) < 4.78 is 0. The number of amides is 1. The van der Waals surface area contributed by atoms with Gasteiger partial charge in [-0.1, -0.05) is 30.3 Å². The summed E-state index contributed by atoms with van der Waals surface area (Å²) in [5.41, 5.74) is 5.82. The van der Waals surface area contributed by atoms with Crippen LogP contribution in [0.3, 0.4) is 0 Å². The fourth-order valence-electron chi connectivity index (χ4n) is 7.01. The molecule has 6 rings (SSSR count). The molecule has 0 saturated heterocycles. The van der Waals surface area contributed by atoms with Crippen LogP contribution >= 0.6 is 11.6 Å². The first-order chi connectivity index (χ1) is 11.9. The van der Waals surface area contributed by atoms with Crippen LogP contribution in [0, 0.1) is 23.2 Å². The quantitative estimate of drug-likeness (QED) is 0.807. The standard InChI is InChI=1S/C21H26ClNO2/c22-19-9-13-8-15(11-19)17(21(25,10-13)12-19)16(14-4-2-1-3-5-14)20(6-7-20)18(23)24/h1-5,13,15-17,25H,6-12H2,(H2,23,24)/t13-,15+,16+,17-,19+,21+/m1/s1.